The largest absolute Gasteiger partial charge is 0.497 e. The first-order chi connectivity index (χ1) is 23.7. The summed E-state index contributed by atoms with van der Waals surface area (Å²) in [6, 6.07) is 25.0. The third-order valence-electron chi connectivity index (χ3n) is 7.72. The Morgan fingerprint density at radius 2 is 1.73 bits per heavy atom. The summed E-state index contributed by atoms with van der Waals surface area (Å²) >= 11 is 15.7. The SMILES string of the molecule is CCOC(=O)C1=C(c2ccccc2)N=c2s/c(=C\c3cc(I)c(OCc4ccc(Cl)c(Cl)c4)c(OC)c3)c(=O)n2[C@@H]1c1ccc(OC)cc1. The van der Waals surface area contributed by atoms with Gasteiger partial charge in [-0.2, -0.15) is 0 Å². The fourth-order valence-corrected chi connectivity index (χ4v) is 7.54. The quantitative estimate of drug-likeness (QED) is 0.108. The number of hydrogen-bond acceptors (Lipinski definition) is 8. The maximum Gasteiger partial charge on any atom is 0.338 e. The number of hydrogen-bond donors (Lipinski definition) is 0. The minimum Gasteiger partial charge on any atom is -0.497 e. The average Bonchev–Trinajstić information content (AvgIpc) is 3.42. The minimum absolute atomic E-state index is 0.164. The second-order valence-corrected chi connectivity index (χ2v) is 13.8. The van der Waals surface area contributed by atoms with Gasteiger partial charge in [0, 0.05) is 5.56 Å². The van der Waals surface area contributed by atoms with Crippen molar-refractivity contribution in [3.63, 3.8) is 0 Å². The molecule has 0 saturated heterocycles. The van der Waals surface area contributed by atoms with Gasteiger partial charge in [-0.05, 0) is 88.7 Å². The number of aromatic nitrogens is 1. The number of thiazole rings is 1. The summed E-state index contributed by atoms with van der Waals surface area (Å²) in [5, 5.41) is 0.914. The monoisotopic (exact) mass is 826 g/mol. The van der Waals surface area contributed by atoms with Gasteiger partial charge in [-0.3, -0.25) is 9.36 Å². The third kappa shape index (κ3) is 7.28. The molecule has 6 rings (SSSR count). The Morgan fingerprint density at radius 1 is 0.980 bits per heavy atom. The summed E-state index contributed by atoms with van der Waals surface area (Å²) < 4.78 is 25.6. The van der Waals surface area contributed by atoms with Crippen molar-refractivity contribution in [2.45, 2.75) is 19.6 Å². The van der Waals surface area contributed by atoms with Crippen LogP contribution in [0.15, 0.2) is 100 Å². The van der Waals surface area contributed by atoms with Gasteiger partial charge in [0.1, 0.15) is 12.4 Å². The highest BCUT2D eigenvalue weighted by molar-refractivity contribution is 14.1. The van der Waals surface area contributed by atoms with Crippen molar-refractivity contribution in [2.75, 3.05) is 20.8 Å². The number of halogens is 3. The summed E-state index contributed by atoms with van der Waals surface area (Å²) in [5.41, 5.74) is 3.44. The van der Waals surface area contributed by atoms with E-state index in [0.717, 1.165) is 20.3 Å². The molecule has 0 fully saturated rings. The van der Waals surface area contributed by atoms with Crippen LogP contribution < -0.4 is 29.1 Å². The number of carbonyl (C=O) groups excluding carboxylic acids is 1. The van der Waals surface area contributed by atoms with Gasteiger partial charge < -0.3 is 18.9 Å². The Labute approximate surface area is 310 Å². The molecule has 4 aromatic carbocycles. The first-order valence-electron chi connectivity index (χ1n) is 15.1. The molecule has 0 aliphatic carbocycles. The van der Waals surface area contributed by atoms with E-state index in [9.17, 15) is 9.59 Å². The molecule has 250 valence electrons. The zero-order chi connectivity index (χ0) is 34.7. The minimum atomic E-state index is -0.801. The van der Waals surface area contributed by atoms with E-state index in [4.69, 9.17) is 47.1 Å². The summed E-state index contributed by atoms with van der Waals surface area (Å²) in [6.07, 6.45) is 1.79. The lowest BCUT2D eigenvalue weighted by molar-refractivity contribution is -0.138. The molecule has 0 N–H and O–H groups in total. The summed E-state index contributed by atoms with van der Waals surface area (Å²) in [4.78, 5) is 33.4. The highest BCUT2D eigenvalue weighted by atomic mass is 127. The van der Waals surface area contributed by atoms with E-state index in [-0.39, 0.29) is 24.3 Å². The smallest absolute Gasteiger partial charge is 0.338 e. The number of esters is 1. The van der Waals surface area contributed by atoms with Crippen molar-refractivity contribution in [3.05, 3.63) is 146 Å². The van der Waals surface area contributed by atoms with Crippen LogP contribution in [-0.4, -0.2) is 31.4 Å². The van der Waals surface area contributed by atoms with Gasteiger partial charge in [-0.15, -0.1) is 0 Å². The van der Waals surface area contributed by atoms with Crippen molar-refractivity contribution in [2.24, 2.45) is 4.99 Å². The van der Waals surface area contributed by atoms with E-state index in [2.05, 4.69) is 22.6 Å². The van der Waals surface area contributed by atoms with Gasteiger partial charge >= 0.3 is 5.97 Å². The highest BCUT2D eigenvalue weighted by Crippen LogP contribution is 2.37. The van der Waals surface area contributed by atoms with Gasteiger partial charge in [0.25, 0.3) is 5.56 Å². The first kappa shape index (κ1) is 34.8. The van der Waals surface area contributed by atoms with E-state index in [1.165, 1.54) is 11.3 Å². The van der Waals surface area contributed by atoms with E-state index in [0.29, 0.717) is 47.9 Å². The lowest BCUT2D eigenvalue weighted by Crippen LogP contribution is -2.40. The summed E-state index contributed by atoms with van der Waals surface area (Å²) in [7, 11) is 3.14. The highest BCUT2D eigenvalue weighted by Gasteiger charge is 2.35. The molecule has 0 unspecified atom stereocenters. The molecule has 1 atom stereocenters. The maximum atomic E-state index is 14.3. The average molecular weight is 828 g/mol. The van der Waals surface area contributed by atoms with Crippen molar-refractivity contribution in [3.8, 4) is 17.2 Å². The van der Waals surface area contributed by atoms with Crippen LogP contribution in [0.5, 0.6) is 17.2 Å². The fraction of sp³-hybridized carbons (Fsp3) is 0.162. The van der Waals surface area contributed by atoms with E-state index >= 15 is 0 Å². The van der Waals surface area contributed by atoms with Crippen LogP contribution in [0.3, 0.4) is 0 Å². The van der Waals surface area contributed by atoms with Crippen molar-refractivity contribution >= 4 is 74.9 Å². The first-order valence-corrected chi connectivity index (χ1v) is 17.7. The molecular formula is C37H29Cl2IN2O6S. The van der Waals surface area contributed by atoms with Crippen LogP contribution >= 0.6 is 57.1 Å². The molecular weight excluding hydrogens is 798 g/mol. The molecule has 1 aromatic heterocycles. The number of ether oxygens (including phenoxy) is 4. The zero-order valence-corrected chi connectivity index (χ0v) is 31.0. The molecule has 8 nitrogen and oxygen atoms in total. The number of benzene rings is 4. The molecule has 2 heterocycles. The van der Waals surface area contributed by atoms with Crippen molar-refractivity contribution in [1.29, 1.82) is 0 Å². The van der Waals surface area contributed by atoms with Crippen LogP contribution in [0.2, 0.25) is 10.0 Å². The molecule has 0 radical (unpaired) electrons. The van der Waals surface area contributed by atoms with Gasteiger partial charge in [0.2, 0.25) is 0 Å². The Bertz CT molecular complexity index is 2250. The van der Waals surface area contributed by atoms with E-state index < -0.39 is 12.0 Å². The predicted octanol–water partition coefficient (Wildman–Crippen LogP) is 7.44. The molecule has 1 aliphatic heterocycles. The standard InChI is InChI=1S/C37H29Cl2IN2O6S/c1-4-47-36(44)31-32(23-8-6-5-7-9-23)41-37-42(33(31)24-11-13-25(45-2)14-12-24)35(43)30(49-37)19-22-17-28(40)34(29(18-22)46-3)48-20-21-10-15-26(38)27(39)16-21/h5-19,33H,4,20H2,1-3H3/b30-19-/t33-/m1/s1. The summed E-state index contributed by atoms with van der Waals surface area (Å²) in [5.74, 6) is 1.15. The molecule has 0 bridgehead atoms. The van der Waals surface area contributed by atoms with Gasteiger partial charge in [0.15, 0.2) is 16.3 Å². The molecule has 5 aromatic rings. The zero-order valence-electron chi connectivity index (χ0n) is 26.5. The number of fused-ring (bicyclic) bond motifs is 1. The predicted molar refractivity (Wildman–Crippen MR) is 201 cm³/mol. The molecule has 49 heavy (non-hydrogen) atoms. The van der Waals surface area contributed by atoms with Gasteiger partial charge in [-0.25, -0.2) is 9.79 Å². The Kier molecular flexibility index (Phi) is 10.8. The fourth-order valence-electron chi connectivity index (χ4n) is 5.44. The van der Waals surface area contributed by atoms with E-state index in [1.807, 2.05) is 60.7 Å². The second kappa shape index (κ2) is 15.2. The lowest BCUT2D eigenvalue weighted by Gasteiger charge is -2.26. The molecule has 12 heteroatoms. The Hall–Kier alpha value is -4.10. The van der Waals surface area contributed by atoms with Crippen molar-refractivity contribution in [1.82, 2.24) is 4.57 Å². The summed E-state index contributed by atoms with van der Waals surface area (Å²) in [6.45, 7) is 2.16. The second-order valence-electron chi connectivity index (χ2n) is 10.8. The Balaban J connectivity index is 1.48. The maximum absolute atomic E-state index is 14.3. The van der Waals surface area contributed by atoms with Crippen LogP contribution in [0, 0.1) is 3.57 Å². The Morgan fingerprint density at radius 3 is 2.41 bits per heavy atom. The molecule has 1 aliphatic rings. The number of rotatable bonds is 10. The van der Waals surface area contributed by atoms with Gasteiger partial charge in [-0.1, -0.05) is 83.1 Å². The molecule has 0 spiro atoms. The van der Waals surface area contributed by atoms with E-state index in [1.54, 1.807) is 56.1 Å². The van der Waals surface area contributed by atoms with Crippen molar-refractivity contribution < 1.29 is 23.7 Å². The number of methoxy groups -OCH3 is 2. The number of carbonyl (C=O) groups is 1. The van der Waals surface area contributed by atoms with Crippen LogP contribution in [0.4, 0.5) is 0 Å². The number of nitrogens with zero attached hydrogens (tertiary/aromatic N) is 2. The van der Waals surface area contributed by atoms with Crippen LogP contribution in [0.25, 0.3) is 11.8 Å². The van der Waals surface area contributed by atoms with Crippen LogP contribution in [-0.2, 0) is 16.1 Å². The van der Waals surface area contributed by atoms with Gasteiger partial charge in [0.05, 0.1) is 56.3 Å². The normalized spacial score (nSPS) is 14.2. The topological polar surface area (TPSA) is 88.4 Å². The molecule has 0 amide bonds. The molecule has 0 saturated carbocycles. The third-order valence-corrected chi connectivity index (χ3v) is 10.2. The van der Waals surface area contributed by atoms with Crippen LogP contribution in [0.1, 0.15) is 35.2 Å². The lowest BCUT2D eigenvalue weighted by atomic mass is 9.93.